The van der Waals surface area contributed by atoms with Gasteiger partial charge in [0.25, 0.3) is 5.69 Å². The summed E-state index contributed by atoms with van der Waals surface area (Å²) in [5, 5.41) is 15.7. The van der Waals surface area contributed by atoms with Crippen molar-refractivity contribution in [1.82, 2.24) is 10.6 Å². The van der Waals surface area contributed by atoms with Crippen LogP contribution in [0.1, 0.15) is 18.5 Å². The number of non-ortho nitro benzene ring substituents is 1. The maximum absolute atomic E-state index is 11.9. The largest absolute Gasteiger partial charge is 0.463 e. The van der Waals surface area contributed by atoms with Crippen molar-refractivity contribution in [2.75, 3.05) is 6.61 Å². The summed E-state index contributed by atoms with van der Waals surface area (Å²) in [5.74, 6) is -0.596. The van der Waals surface area contributed by atoms with E-state index in [4.69, 9.17) is 4.74 Å². The Kier molecular flexibility index (Phi) is 4.17. The van der Waals surface area contributed by atoms with E-state index in [0.29, 0.717) is 5.56 Å². The van der Waals surface area contributed by atoms with Crippen LogP contribution in [0.2, 0.25) is 0 Å². The molecule has 2 amide bonds. The van der Waals surface area contributed by atoms with Gasteiger partial charge in [-0.3, -0.25) is 10.1 Å². The number of carbonyl (C=O) groups is 2. The fourth-order valence-corrected chi connectivity index (χ4v) is 1.95. The fraction of sp³-hybridized carbons (Fsp3) is 0.231. The zero-order valence-corrected chi connectivity index (χ0v) is 11.2. The van der Waals surface area contributed by atoms with Gasteiger partial charge in [0.1, 0.15) is 0 Å². The second-order valence-electron chi connectivity index (χ2n) is 4.22. The van der Waals surface area contributed by atoms with Crippen LogP contribution in [0.4, 0.5) is 10.5 Å². The van der Waals surface area contributed by atoms with Crippen LogP contribution in [0.25, 0.3) is 0 Å². The molecule has 8 nitrogen and oxygen atoms in total. The van der Waals surface area contributed by atoms with Gasteiger partial charge in [0.15, 0.2) is 0 Å². The van der Waals surface area contributed by atoms with E-state index in [1.165, 1.54) is 24.4 Å². The Morgan fingerprint density at radius 3 is 2.90 bits per heavy atom. The van der Waals surface area contributed by atoms with Crippen LogP contribution in [-0.4, -0.2) is 23.5 Å². The summed E-state index contributed by atoms with van der Waals surface area (Å²) in [6.45, 7) is 1.85. The van der Waals surface area contributed by atoms with Crippen LogP contribution in [0, 0.1) is 10.1 Å². The van der Waals surface area contributed by atoms with Gasteiger partial charge in [-0.25, -0.2) is 9.59 Å². The average Bonchev–Trinajstić information content (AvgIpc) is 2.47. The molecule has 1 aliphatic heterocycles. The van der Waals surface area contributed by atoms with Crippen molar-refractivity contribution in [3.05, 3.63) is 51.7 Å². The molecule has 1 unspecified atom stereocenters. The SMILES string of the molecule is CCOC(=O)C1=CNC(=O)NC1c1cccc([N+](=O)[O-])c1. The summed E-state index contributed by atoms with van der Waals surface area (Å²) in [5.41, 5.74) is 0.485. The van der Waals surface area contributed by atoms with Crippen molar-refractivity contribution in [2.45, 2.75) is 13.0 Å². The Labute approximate surface area is 119 Å². The van der Waals surface area contributed by atoms with E-state index >= 15 is 0 Å². The first-order valence-corrected chi connectivity index (χ1v) is 6.21. The molecule has 0 bridgehead atoms. The zero-order chi connectivity index (χ0) is 15.4. The number of hydrogen-bond donors (Lipinski definition) is 2. The smallest absolute Gasteiger partial charge is 0.337 e. The van der Waals surface area contributed by atoms with E-state index in [1.54, 1.807) is 13.0 Å². The van der Waals surface area contributed by atoms with E-state index in [2.05, 4.69) is 10.6 Å². The molecule has 0 saturated carbocycles. The summed E-state index contributed by atoms with van der Waals surface area (Å²) in [6.07, 6.45) is 1.25. The minimum atomic E-state index is -0.794. The van der Waals surface area contributed by atoms with Gasteiger partial charge < -0.3 is 15.4 Å². The normalized spacial score (nSPS) is 17.3. The second kappa shape index (κ2) is 6.04. The number of urea groups is 1. The van der Waals surface area contributed by atoms with E-state index < -0.39 is 23.0 Å². The monoisotopic (exact) mass is 291 g/mol. The number of nitro benzene ring substituents is 1. The molecule has 2 rings (SSSR count). The van der Waals surface area contributed by atoms with Gasteiger partial charge in [0.05, 0.1) is 23.1 Å². The van der Waals surface area contributed by atoms with Gasteiger partial charge in [0.2, 0.25) is 0 Å². The third kappa shape index (κ3) is 3.16. The van der Waals surface area contributed by atoms with Gasteiger partial charge in [-0.15, -0.1) is 0 Å². The maximum atomic E-state index is 11.9. The number of hydrogen-bond acceptors (Lipinski definition) is 5. The van der Waals surface area contributed by atoms with Gasteiger partial charge >= 0.3 is 12.0 Å². The first-order chi connectivity index (χ1) is 10.0. The summed E-state index contributed by atoms with van der Waals surface area (Å²) in [7, 11) is 0. The lowest BCUT2D eigenvalue weighted by atomic mass is 9.98. The first-order valence-electron chi connectivity index (χ1n) is 6.21. The van der Waals surface area contributed by atoms with E-state index in [-0.39, 0.29) is 17.9 Å². The molecule has 110 valence electrons. The highest BCUT2D eigenvalue weighted by Gasteiger charge is 2.29. The molecule has 1 aliphatic rings. The van der Waals surface area contributed by atoms with Gasteiger partial charge in [0, 0.05) is 18.3 Å². The Morgan fingerprint density at radius 1 is 1.48 bits per heavy atom. The van der Waals surface area contributed by atoms with Crippen molar-refractivity contribution in [3.63, 3.8) is 0 Å². The van der Waals surface area contributed by atoms with E-state index in [0.717, 1.165) is 0 Å². The number of nitro groups is 1. The molecule has 1 aromatic carbocycles. The van der Waals surface area contributed by atoms with Gasteiger partial charge in [-0.1, -0.05) is 12.1 Å². The highest BCUT2D eigenvalue weighted by atomic mass is 16.6. The topological polar surface area (TPSA) is 111 Å². The minimum Gasteiger partial charge on any atom is -0.463 e. The van der Waals surface area contributed by atoms with Crippen molar-refractivity contribution < 1.29 is 19.2 Å². The second-order valence-corrected chi connectivity index (χ2v) is 4.22. The molecule has 21 heavy (non-hydrogen) atoms. The Bertz CT molecular complexity index is 626. The number of amides is 2. The van der Waals surface area contributed by atoms with Crippen LogP contribution in [0.3, 0.4) is 0 Å². The summed E-state index contributed by atoms with van der Waals surface area (Å²) < 4.78 is 4.91. The quantitative estimate of drug-likeness (QED) is 0.495. The Morgan fingerprint density at radius 2 is 2.24 bits per heavy atom. The summed E-state index contributed by atoms with van der Waals surface area (Å²) in [6, 6.07) is 4.43. The van der Waals surface area contributed by atoms with Crippen LogP contribution in [0.5, 0.6) is 0 Å². The molecular formula is C13H13N3O5. The lowest BCUT2D eigenvalue weighted by Crippen LogP contribution is -2.42. The highest BCUT2D eigenvalue weighted by Crippen LogP contribution is 2.27. The number of benzene rings is 1. The standard InChI is InChI=1S/C13H13N3O5/c1-2-21-12(17)10-7-14-13(18)15-11(10)8-4-3-5-9(6-8)16(19)20/h3-7,11H,2H2,1H3,(H2,14,15,18). The lowest BCUT2D eigenvalue weighted by Gasteiger charge is -2.24. The van der Waals surface area contributed by atoms with Crippen molar-refractivity contribution in [2.24, 2.45) is 0 Å². The summed E-state index contributed by atoms with van der Waals surface area (Å²) in [4.78, 5) is 33.6. The van der Waals surface area contributed by atoms with Crippen molar-refractivity contribution in [3.8, 4) is 0 Å². The zero-order valence-electron chi connectivity index (χ0n) is 11.2. The average molecular weight is 291 g/mol. The first kappa shape index (κ1) is 14.5. The molecular weight excluding hydrogens is 278 g/mol. The third-order valence-corrected chi connectivity index (χ3v) is 2.87. The maximum Gasteiger partial charge on any atom is 0.337 e. The number of esters is 1. The molecule has 8 heteroatoms. The molecule has 0 fully saturated rings. The van der Waals surface area contributed by atoms with E-state index in [9.17, 15) is 19.7 Å². The number of rotatable bonds is 4. The number of ether oxygens (including phenoxy) is 1. The molecule has 0 radical (unpaired) electrons. The van der Waals surface area contributed by atoms with Crippen LogP contribution >= 0.6 is 0 Å². The van der Waals surface area contributed by atoms with Crippen molar-refractivity contribution >= 4 is 17.7 Å². The van der Waals surface area contributed by atoms with Crippen LogP contribution in [0.15, 0.2) is 36.0 Å². The number of nitrogens with zero attached hydrogens (tertiary/aromatic N) is 1. The van der Waals surface area contributed by atoms with Gasteiger partial charge in [-0.05, 0) is 12.5 Å². The van der Waals surface area contributed by atoms with Crippen LogP contribution < -0.4 is 10.6 Å². The molecule has 1 heterocycles. The lowest BCUT2D eigenvalue weighted by molar-refractivity contribution is -0.384. The van der Waals surface area contributed by atoms with Crippen molar-refractivity contribution in [1.29, 1.82) is 0 Å². The van der Waals surface area contributed by atoms with Gasteiger partial charge in [-0.2, -0.15) is 0 Å². The predicted molar refractivity (Wildman–Crippen MR) is 72.2 cm³/mol. The minimum absolute atomic E-state index is 0.122. The molecule has 0 aliphatic carbocycles. The Balaban J connectivity index is 2.38. The predicted octanol–water partition coefficient (Wildman–Crippen LogP) is 1.40. The Hall–Kier alpha value is -2.90. The van der Waals surface area contributed by atoms with E-state index in [1.807, 2.05) is 0 Å². The number of carbonyl (C=O) groups excluding carboxylic acids is 2. The third-order valence-electron chi connectivity index (χ3n) is 2.87. The highest BCUT2D eigenvalue weighted by molar-refractivity contribution is 5.93. The fourth-order valence-electron chi connectivity index (χ4n) is 1.95. The van der Waals surface area contributed by atoms with Crippen LogP contribution in [-0.2, 0) is 9.53 Å². The molecule has 2 N–H and O–H groups in total. The molecule has 0 aromatic heterocycles. The molecule has 0 spiro atoms. The molecule has 1 aromatic rings. The molecule has 1 atom stereocenters. The molecule has 0 saturated heterocycles. The summed E-state index contributed by atoms with van der Waals surface area (Å²) >= 11 is 0. The number of nitrogens with one attached hydrogen (secondary N) is 2.